The van der Waals surface area contributed by atoms with Gasteiger partial charge in [-0.05, 0) is 50.3 Å². The molecule has 3 heteroatoms. The van der Waals surface area contributed by atoms with Crippen LogP contribution >= 0.6 is 0 Å². The van der Waals surface area contributed by atoms with Gasteiger partial charge in [0.1, 0.15) is 5.75 Å². The number of hydrogen-bond acceptors (Lipinski definition) is 2. The van der Waals surface area contributed by atoms with Gasteiger partial charge in [-0.15, -0.1) is 0 Å². The molecule has 0 aliphatic rings. The third-order valence-corrected chi connectivity index (χ3v) is 11.4. The van der Waals surface area contributed by atoms with E-state index < -0.39 is 8.32 Å². The van der Waals surface area contributed by atoms with Gasteiger partial charge in [-0.1, -0.05) is 124 Å². The van der Waals surface area contributed by atoms with Crippen LogP contribution in [0.3, 0.4) is 0 Å². The molecule has 0 fully saturated rings. The van der Waals surface area contributed by atoms with E-state index in [4.69, 9.17) is 9.16 Å². The summed E-state index contributed by atoms with van der Waals surface area (Å²) in [5, 5.41) is 2.56. The summed E-state index contributed by atoms with van der Waals surface area (Å²) in [7, 11) is -0.871. The van der Waals surface area contributed by atoms with Crippen LogP contribution in [0.25, 0.3) is 12.2 Å². The van der Waals surface area contributed by atoms with Crippen LogP contribution in [0, 0.1) is 0 Å². The first-order valence-electron chi connectivity index (χ1n) is 12.1. The summed E-state index contributed by atoms with van der Waals surface area (Å²) in [5.74, 6) is 0.861. The lowest BCUT2D eigenvalue weighted by molar-refractivity contribution is 0.286. The highest BCUT2D eigenvalue weighted by Gasteiger charge is 2.50. The maximum absolute atomic E-state index is 7.10. The van der Waals surface area contributed by atoms with E-state index in [1.807, 2.05) is 18.2 Å². The Bertz CT molecular complexity index is 1220. The first-order chi connectivity index (χ1) is 16.9. The van der Waals surface area contributed by atoms with Crippen LogP contribution in [0.2, 0.25) is 5.04 Å². The van der Waals surface area contributed by atoms with E-state index in [9.17, 15) is 0 Å². The lowest BCUT2D eigenvalue weighted by Crippen LogP contribution is -2.66. The highest BCUT2D eigenvalue weighted by Crippen LogP contribution is 2.37. The summed E-state index contributed by atoms with van der Waals surface area (Å²) >= 11 is 0. The largest absolute Gasteiger partial charge is 0.497 e. The Balaban J connectivity index is 1.64. The fourth-order valence-corrected chi connectivity index (χ4v) is 9.22. The quantitative estimate of drug-likeness (QED) is 0.202. The van der Waals surface area contributed by atoms with Crippen molar-refractivity contribution in [2.24, 2.45) is 0 Å². The SMILES string of the molecule is COc1cccc(C=Cc2cccc(CO[Si](c3ccccc3)(c3ccccc3)C(C)(C)C)c2)c1. The Labute approximate surface area is 211 Å². The fraction of sp³-hybridized carbons (Fsp3) is 0.188. The smallest absolute Gasteiger partial charge is 0.261 e. The average molecular weight is 479 g/mol. The molecule has 0 unspecified atom stereocenters. The second-order valence-electron chi connectivity index (χ2n) is 9.81. The second-order valence-corrected chi connectivity index (χ2v) is 14.1. The van der Waals surface area contributed by atoms with Crippen molar-refractivity contribution in [1.29, 1.82) is 0 Å². The first-order valence-corrected chi connectivity index (χ1v) is 14.0. The topological polar surface area (TPSA) is 18.5 Å². The van der Waals surface area contributed by atoms with E-state index in [0.717, 1.165) is 16.9 Å². The molecule has 0 atom stereocenters. The zero-order chi connectivity index (χ0) is 24.7. The van der Waals surface area contributed by atoms with Crippen LogP contribution in [-0.4, -0.2) is 15.4 Å². The van der Waals surface area contributed by atoms with Gasteiger partial charge in [0.15, 0.2) is 0 Å². The monoisotopic (exact) mass is 478 g/mol. The maximum Gasteiger partial charge on any atom is 0.261 e. The molecule has 4 aromatic carbocycles. The van der Waals surface area contributed by atoms with Gasteiger partial charge in [-0.25, -0.2) is 0 Å². The Morgan fingerprint density at radius 1 is 0.657 bits per heavy atom. The molecule has 35 heavy (non-hydrogen) atoms. The second kappa shape index (κ2) is 10.9. The predicted octanol–water partition coefficient (Wildman–Crippen LogP) is 6.94. The summed E-state index contributed by atoms with van der Waals surface area (Å²) in [4.78, 5) is 0. The molecule has 0 aliphatic heterocycles. The highest BCUT2D eigenvalue weighted by atomic mass is 28.4. The van der Waals surface area contributed by atoms with Crippen molar-refractivity contribution < 1.29 is 9.16 Å². The molecular weight excluding hydrogens is 444 g/mol. The Morgan fingerprint density at radius 3 is 1.74 bits per heavy atom. The normalized spacial score (nSPS) is 12.1. The Kier molecular flexibility index (Phi) is 7.69. The number of benzene rings is 4. The van der Waals surface area contributed by atoms with Crippen LogP contribution in [0.5, 0.6) is 5.75 Å². The molecule has 4 aromatic rings. The molecule has 2 nitrogen and oxygen atoms in total. The van der Waals surface area contributed by atoms with Gasteiger partial charge in [-0.2, -0.15) is 0 Å². The summed E-state index contributed by atoms with van der Waals surface area (Å²) < 4.78 is 12.4. The van der Waals surface area contributed by atoms with Crippen LogP contribution in [0.1, 0.15) is 37.5 Å². The van der Waals surface area contributed by atoms with Gasteiger partial charge in [0.2, 0.25) is 0 Å². The van der Waals surface area contributed by atoms with Crippen molar-refractivity contribution in [3.8, 4) is 5.75 Å². The third kappa shape index (κ3) is 5.64. The molecule has 0 aromatic heterocycles. The van der Waals surface area contributed by atoms with Crippen molar-refractivity contribution in [1.82, 2.24) is 0 Å². The summed E-state index contributed by atoms with van der Waals surface area (Å²) in [5.41, 5.74) is 3.43. The standard InChI is InChI=1S/C32H34O2Si/c1-32(2,3)35(30-17-7-5-8-18-30,31-19-9-6-10-20-31)34-25-28-15-11-13-26(23-28)21-22-27-14-12-16-29(24-27)33-4/h5-24H,25H2,1-4H3. The van der Waals surface area contributed by atoms with E-state index >= 15 is 0 Å². The van der Waals surface area contributed by atoms with E-state index in [0.29, 0.717) is 6.61 Å². The van der Waals surface area contributed by atoms with E-state index in [-0.39, 0.29) is 5.04 Å². The molecule has 0 aliphatic carbocycles. The molecule has 178 valence electrons. The Hall–Kier alpha value is -3.40. The molecule has 0 radical (unpaired) electrons. The van der Waals surface area contributed by atoms with Gasteiger partial charge in [0.25, 0.3) is 8.32 Å². The first kappa shape index (κ1) is 24.7. The minimum absolute atomic E-state index is 0.0421. The van der Waals surface area contributed by atoms with Crippen molar-refractivity contribution >= 4 is 30.8 Å². The van der Waals surface area contributed by atoms with Crippen molar-refractivity contribution in [3.05, 3.63) is 126 Å². The van der Waals surface area contributed by atoms with E-state index in [1.165, 1.54) is 15.9 Å². The summed E-state index contributed by atoms with van der Waals surface area (Å²) in [6, 6.07) is 38.3. The lowest BCUT2D eigenvalue weighted by Gasteiger charge is -2.43. The highest BCUT2D eigenvalue weighted by molar-refractivity contribution is 6.99. The maximum atomic E-state index is 7.10. The number of methoxy groups -OCH3 is 1. The predicted molar refractivity (Wildman–Crippen MR) is 151 cm³/mol. The number of rotatable bonds is 8. The molecule has 0 saturated carbocycles. The van der Waals surface area contributed by atoms with Crippen LogP contribution in [0.15, 0.2) is 109 Å². The van der Waals surface area contributed by atoms with E-state index in [1.54, 1.807) is 7.11 Å². The van der Waals surface area contributed by atoms with Crippen LogP contribution in [0.4, 0.5) is 0 Å². The minimum atomic E-state index is -2.56. The molecule has 0 saturated heterocycles. The van der Waals surface area contributed by atoms with E-state index in [2.05, 4.69) is 124 Å². The third-order valence-electron chi connectivity index (χ3n) is 6.39. The molecule has 4 rings (SSSR count). The van der Waals surface area contributed by atoms with Gasteiger partial charge in [-0.3, -0.25) is 0 Å². The Morgan fingerprint density at radius 2 is 1.20 bits per heavy atom. The number of hydrogen-bond donors (Lipinski definition) is 0. The van der Waals surface area contributed by atoms with Crippen LogP contribution < -0.4 is 15.1 Å². The van der Waals surface area contributed by atoms with Gasteiger partial charge >= 0.3 is 0 Å². The summed E-state index contributed by atoms with van der Waals surface area (Å²) in [6.45, 7) is 7.50. The molecule has 0 spiro atoms. The minimum Gasteiger partial charge on any atom is -0.497 e. The number of ether oxygens (including phenoxy) is 1. The lowest BCUT2D eigenvalue weighted by atomic mass is 10.1. The van der Waals surface area contributed by atoms with Gasteiger partial charge < -0.3 is 9.16 Å². The van der Waals surface area contributed by atoms with Crippen molar-refractivity contribution in [2.45, 2.75) is 32.4 Å². The average Bonchev–Trinajstić information content (AvgIpc) is 2.89. The molecule has 0 heterocycles. The summed E-state index contributed by atoms with van der Waals surface area (Å²) in [6.07, 6.45) is 4.26. The molecular formula is C32H34O2Si. The van der Waals surface area contributed by atoms with Gasteiger partial charge in [0.05, 0.1) is 13.7 Å². The zero-order valence-corrected chi connectivity index (χ0v) is 22.1. The molecule has 0 amide bonds. The molecule has 0 bridgehead atoms. The zero-order valence-electron chi connectivity index (χ0n) is 21.1. The van der Waals surface area contributed by atoms with Crippen molar-refractivity contribution in [2.75, 3.05) is 7.11 Å². The van der Waals surface area contributed by atoms with Gasteiger partial charge in [0, 0.05) is 0 Å². The van der Waals surface area contributed by atoms with Crippen LogP contribution in [-0.2, 0) is 11.0 Å². The van der Waals surface area contributed by atoms with Crippen molar-refractivity contribution in [3.63, 3.8) is 0 Å². The molecule has 0 N–H and O–H groups in total. The fourth-order valence-electron chi connectivity index (χ4n) is 4.68.